The van der Waals surface area contributed by atoms with Crippen LogP contribution in [0.2, 0.25) is 0 Å². The predicted molar refractivity (Wildman–Crippen MR) is 114 cm³/mol. The van der Waals surface area contributed by atoms with E-state index in [4.69, 9.17) is 4.74 Å². The second kappa shape index (κ2) is 8.60. The molecule has 0 unspecified atom stereocenters. The number of hydrogen-bond acceptors (Lipinski definition) is 6. The molecule has 1 aliphatic heterocycles. The molecule has 2 heterocycles. The largest absolute Gasteiger partial charge is 0.497 e. The fraction of sp³-hybridized carbons (Fsp3) is 0.227. The third kappa shape index (κ3) is 4.45. The van der Waals surface area contributed by atoms with Gasteiger partial charge in [0.15, 0.2) is 0 Å². The summed E-state index contributed by atoms with van der Waals surface area (Å²) in [6, 6.07) is 17.6. The molecule has 0 bridgehead atoms. The van der Waals surface area contributed by atoms with Crippen molar-refractivity contribution in [1.82, 2.24) is 9.97 Å². The Hall–Kier alpha value is -3.61. The highest BCUT2D eigenvalue weighted by molar-refractivity contribution is 6.02. The van der Waals surface area contributed by atoms with E-state index in [1.807, 2.05) is 18.2 Å². The third-order valence-corrected chi connectivity index (χ3v) is 4.92. The van der Waals surface area contributed by atoms with E-state index in [-0.39, 0.29) is 11.6 Å². The Labute approximate surface area is 170 Å². The molecule has 148 valence electrons. The van der Waals surface area contributed by atoms with Crippen molar-refractivity contribution in [2.24, 2.45) is 0 Å². The van der Waals surface area contributed by atoms with Gasteiger partial charge in [-0.15, -0.1) is 0 Å². The first-order chi connectivity index (χ1) is 14.2. The fourth-order valence-corrected chi connectivity index (χ4v) is 3.33. The average Bonchev–Trinajstić information content (AvgIpc) is 2.80. The SMILES string of the molecule is COc1cccc(NC(=O)c2cnc(N3CCN(c4ccccc4)CC3)cn2)c1. The van der Waals surface area contributed by atoms with Gasteiger partial charge in [-0.25, -0.2) is 9.97 Å². The van der Waals surface area contributed by atoms with E-state index in [2.05, 4.69) is 49.4 Å². The average molecular weight is 389 g/mol. The van der Waals surface area contributed by atoms with Gasteiger partial charge in [-0.3, -0.25) is 4.79 Å². The normalized spacial score (nSPS) is 13.8. The van der Waals surface area contributed by atoms with Gasteiger partial charge in [0, 0.05) is 43.6 Å². The highest BCUT2D eigenvalue weighted by Gasteiger charge is 2.19. The highest BCUT2D eigenvalue weighted by atomic mass is 16.5. The topological polar surface area (TPSA) is 70.6 Å². The summed E-state index contributed by atoms with van der Waals surface area (Å²) in [5, 5.41) is 2.81. The maximum absolute atomic E-state index is 12.4. The van der Waals surface area contributed by atoms with Gasteiger partial charge in [0.2, 0.25) is 0 Å². The monoisotopic (exact) mass is 389 g/mol. The van der Waals surface area contributed by atoms with Crippen molar-refractivity contribution in [2.45, 2.75) is 0 Å². The van der Waals surface area contributed by atoms with Gasteiger partial charge < -0.3 is 19.9 Å². The Bertz CT molecular complexity index is 954. The molecule has 3 aromatic rings. The summed E-state index contributed by atoms with van der Waals surface area (Å²) >= 11 is 0. The van der Waals surface area contributed by atoms with Gasteiger partial charge in [-0.2, -0.15) is 0 Å². The van der Waals surface area contributed by atoms with Crippen LogP contribution in [0.3, 0.4) is 0 Å². The molecule has 2 aromatic carbocycles. The number of ether oxygens (including phenoxy) is 1. The van der Waals surface area contributed by atoms with Crippen LogP contribution in [-0.2, 0) is 0 Å². The number of piperazine rings is 1. The van der Waals surface area contributed by atoms with Gasteiger partial charge in [0.1, 0.15) is 17.3 Å². The van der Waals surface area contributed by atoms with E-state index in [1.54, 1.807) is 25.4 Å². The number of rotatable bonds is 5. The molecule has 0 atom stereocenters. The van der Waals surface area contributed by atoms with Gasteiger partial charge in [0.05, 0.1) is 19.5 Å². The van der Waals surface area contributed by atoms with Crippen LogP contribution in [0.1, 0.15) is 10.5 Å². The van der Waals surface area contributed by atoms with Crippen LogP contribution in [-0.4, -0.2) is 49.2 Å². The molecule has 1 saturated heterocycles. The van der Waals surface area contributed by atoms with Crippen molar-refractivity contribution >= 4 is 23.1 Å². The maximum atomic E-state index is 12.4. The Morgan fingerprint density at radius 2 is 1.69 bits per heavy atom. The summed E-state index contributed by atoms with van der Waals surface area (Å²) < 4.78 is 5.17. The zero-order chi connectivity index (χ0) is 20.1. The van der Waals surface area contributed by atoms with Crippen molar-refractivity contribution < 1.29 is 9.53 Å². The lowest BCUT2D eigenvalue weighted by Gasteiger charge is -2.36. The molecule has 7 heteroatoms. The number of methoxy groups -OCH3 is 1. The quantitative estimate of drug-likeness (QED) is 0.723. The fourth-order valence-electron chi connectivity index (χ4n) is 3.33. The molecule has 0 spiro atoms. The zero-order valence-electron chi connectivity index (χ0n) is 16.3. The molecule has 1 aromatic heterocycles. The van der Waals surface area contributed by atoms with Crippen molar-refractivity contribution in [1.29, 1.82) is 0 Å². The van der Waals surface area contributed by atoms with E-state index >= 15 is 0 Å². The Balaban J connectivity index is 1.36. The first kappa shape index (κ1) is 18.7. The van der Waals surface area contributed by atoms with Crippen molar-refractivity contribution in [3.8, 4) is 5.75 Å². The number of nitrogens with one attached hydrogen (secondary N) is 1. The Kier molecular flexibility index (Phi) is 5.56. The Morgan fingerprint density at radius 1 is 0.931 bits per heavy atom. The molecule has 0 saturated carbocycles. The minimum Gasteiger partial charge on any atom is -0.497 e. The van der Waals surface area contributed by atoms with E-state index < -0.39 is 0 Å². The van der Waals surface area contributed by atoms with Crippen LogP contribution in [0.4, 0.5) is 17.2 Å². The van der Waals surface area contributed by atoms with Crippen LogP contribution >= 0.6 is 0 Å². The van der Waals surface area contributed by atoms with Gasteiger partial charge in [-0.05, 0) is 24.3 Å². The van der Waals surface area contributed by atoms with E-state index in [9.17, 15) is 4.79 Å². The van der Waals surface area contributed by atoms with Crippen molar-refractivity contribution in [2.75, 3.05) is 48.4 Å². The molecule has 1 aliphatic rings. The van der Waals surface area contributed by atoms with Gasteiger partial charge >= 0.3 is 0 Å². The minimum atomic E-state index is -0.300. The molecule has 7 nitrogen and oxygen atoms in total. The predicted octanol–water partition coefficient (Wildman–Crippen LogP) is 3.06. The molecule has 1 N–H and O–H groups in total. The lowest BCUT2D eigenvalue weighted by molar-refractivity contribution is 0.102. The van der Waals surface area contributed by atoms with Crippen molar-refractivity contribution in [3.05, 3.63) is 72.7 Å². The summed E-state index contributed by atoms with van der Waals surface area (Å²) in [5.41, 5.74) is 2.17. The van der Waals surface area contributed by atoms with Crippen molar-refractivity contribution in [3.63, 3.8) is 0 Å². The maximum Gasteiger partial charge on any atom is 0.275 e. The number of carbonyl (C=O) groups is 1. The molecular weight excluding hydrogens is 366 g/mol. The summed E-state index contributed by atoms with van der Waals surface area (Å²) in [6.07, 6.45) is 3.19. The number of amides is 1. The summed E-state index contributed by atoms with van der Waals surface area (Å²) in [7, 11) is 1.59. The van der Waals surface area contributed by atoms with Gasteiger partial charge in [0.25, 0.3) is 5.91 Å². The van der Waals surface area contributed by atoms with E-state index in [1.165, 1.54) is 11.9 Å². The first-order valence-corrected chi connectivity index (χ1v) is 9.55. The summed E-state index contributed by atoms with van der Waals surface area (Å²) in [4.78, 5) is 25.7. The number of para-hydroxylation sites is 1. The third-order valence-electron chi connectivity index (χ3n) is 4.92. The lowest BCUT2D eigenvalue weighted by Crippen LogP contribution is -2.46. The van der Waals surface area contributed by atoms with E-state index in [0.717, 1.165) is 32.0 Å². The highest BCUT2D eigenvalue weighted by Crippen LogP contribution is 2.19. The molecule has 1 amide bonds. The number of carbonyl (C=O) groups excluding carboxylic acids is 1. The Morgan fingerprint density at radius 3 is 2.38 bits per heavy atom. The standard InChI is InChI=1S/C22H23N5O2/c1-29-19-9-5-6-17(14-19)25-22(28)20-15-24-21(16-23-20)27-12-10-26(11-13-27)18-7-3-2-4-8-18/h2-9,14-16H,10-13H2,1H3,(H,25,28). The zero-order valence-corrected chi connectivity index (χ0v) is 16.3. The van der Waals surface area contributed by atoms with Gasteiger partial charge in [-0.1, -0.05) is 24.3 Å². The molecule has 1 fully saturated rings. The van der Waals surface area contributed by atoms with Crippen LogP contribution in [0.5, 0.6) is 5.75 Å². The molecule has 0 radical (unpaired) electrons. The molecule has 0 aliphatic carbocycles. The number of anilines is 3. The number of aromatic nitrogens is 2. The lowest BCUT2D eigenvalue weighted by atomic mass is 10.2. The summed E-state index contributed by atoms with van der Waals surface area (Å²) in [6.45, 7) is 3.56. The van der Waals surface area contributed by atoms with E-state index in [0.29, 0.717) is 11.4 Å². The number of benzene rings is 2. The van der Waals surface area contributed by atoms with Crippen LogP contribution in [0.25, 0.3) is 0 Å². The second-order valence-corrected chi connectivity index (χ2v) is 6.76. The molecule has 29 heavy (non-hydrogen) atoms. The molecular formula is C22H23N5O2. The minimum absolute atomic E-state index is 0.277. The molecule has 4 rings (SSSR count). The number of nitrogens with zero attached hydrogens (tertiary/aromatic N) is 4. The first-order valence-electron chi connectivity index (χ1n) is 9.55. The van der Waals surface area contributed by atoms with Crippen LogP contribution in [0.15, 0.2) is 67.0 Å². The van der Waals surface area contributed by atoms with Crippen LogP contribution < -0.4 is 19.9 Å². The van der Waals surface area contributed by atoms with Crippen LogP contribution in [0, 0.1) is 0 Å². The summed E-state index contributed by atoms with van der Waals surface area (Å²) in [5.74, 6) is 1.17. The number of hydrogen-bond donors (Lipinski definition) is 1. The smallest absolute Gasteiger partial charge is 0.275 e. The second-order valence-electron chi connectivity index (χ2n) is 6.76.